The van der Waals surface area contributed by atoms with Crippen molar-refractivity contribution in [3.05, 3.63) is 58.3 Å². The Labute approximate surface area is 164 Å². The number of rotatable bonds is 8. The average Bonchev–Trinajstić information content (AvgIpc) is 3.29. The van der Waals surface area contributed by atoms with Crippen molar-refractivity contribution in [2.24, 2.45) is 0 Å². The second-order valence-corrected chi connectivity index (χ2v) is 8.56. The molecule has 2 unspecified atom stereocenters. The van der Waals surface area contributed by atoms with Crippen LogP contribution in [-0.2, 0) is 19.9 Å². The van der Waals surface area contributed by atoms with Crippen molar-refractivity contribution < 1.29 is 23.9 Å². The molecule has 0 spiro atoms. The highest BCUT2D eigenvalue weighted by molar-refractivity contribution is 7.10. The van der Waals surface area contributed by atoms with Gasteiger partial charge < -0.3 is 19.1 Å². The Kier molecular flexibility index (Phi) is 6.32. The minimum atomic E-state index is -1.30. The van der Waals surface area contributed by atoms with Crippen LogP contribution < -0.4 is 0 Å². The van der Waals surface area contributed by atoms with E-state index in [1.807, 2.05) is 47.8 Å². The normalized spacial score (nSPS) is 20.9. The van der Waals surface area contributed by atoms with Crippen LogP contribution in [-0.4, -0.2) is 62.1 Å². The number of benzene rings is 1. The Bertz CT molecular complexity index is 732. The van der Waals surface area contributed by atoms with Crippen molar-refractivity contribution >= 4 is 17.3 Å². The van der Waals surface area contributed by atoms with E-state index in [2.05, 4.69) is 14.1 Å². The number of aliphatic hydroxyl groups is 1. The third-order valence-electron chi connectivity index (χ3n) is 4.98. The predicted octanol–water partition coefficient (Wildman–Crippen LogP) is 2.78. The summed E-state index contributed by atoms with van der Waals surface area (Å²) in [5.74, 6) is -0.374. The molecule has 2 heterocycles. The number of carbonyl (C=O) groups excluding carboxylic acids is 1. The van der Waals surface area contributed by atoms with E-state index in [-0.39, 0.29) is 25.3 Å². The van der Waals surface area contributed by atoms with Gasteiger partial charge in [0.25, 0.3) is 0 Å². The fourth-order valence-corrected chi connectivity index (χ4v) is 4.46. The number of hydrogen-bond acceptors (Lipinski definition) is 5. The molecule has 1 aromatic carbocycles. The van der Waals surface area contributed by atoms with Crippen molar-refractivity contribution in [1.29, 1.82) is 0 Å². The largest absolute Gasteiger partial charge is 0.453 e. The van der Waals surface area contributed by atoms with Gasteiger partial charge in [-0.2, -0.15) is 0 Å². The van der Waals surface area contributed by atoms with E-state index < -0.39 is 5.60 Å². The number of likely N-dealkylation sites (tertiary alicyclic amines) is 1. The van der Waals surface area contributed by atoms with Crippen molar-refractivity contribution in [3.63, 3.8) is 0 Å². The fraction of sp³-hybridized carbons (Fsp3) is 0.476. The van der Waals surface area contributed by atoms with Gasteiger partial charge in [-0.3, -0.25) is 0 Å². The topological polar surface area (TPSA) is 55.8 Å². The third kappa shape index (κ3) is 4.41. The Morgan fingerprint density at radius 2 is 2.04 bits per heavy atom. The summed E-state index contributed by atoms with van der Waals surface area (Å²) in [5, 5.41) is 11.1. The lowest BCUT2D eigenvalue weighted by Gasteiger charge is -2.32. The first-order chi connectivity index (χ1) is 13.0. The number of carbonyl (C=O) groups is 1. The second kappa shape index (κ2) is 8.52. The van der Waals surface area contributed by atoms with E-state index in [1.54, 1.807) is 0 Å². The van der Waals surface area contributed by atoms with Gasteiger partial charge in [-0.15, -0.1) is 11.3 Å². The summed E-state index contributed by atoms with van der Waals surface area (Å²) >= 11 is 1.48. The Morgan fingerprint density at radius 1 is 1.26 bits per heavy atom. The number of ether oxygens (including phenoxy) is 2. The van der Waals surface area contributed by atoms with Crippen LogP contribution in [0.1, 0.15) is 23.3 Å². The first kappa shape index (κ1) is 20.0. The van der Waals surface area contributed by atoms with E-state index in [1.165, 1.54) is 11.3 Å². The molecule has 0 radical (unpaired) electrons. The monoisotopic (exact) mass is 390 g/mol. The zero-order valence-corrected chi connectivity index (χ0v) is 16.8. The highest BCUT2D eigenvalue weighted by atomic mass is 32.1. The van der Waals surface area contributed by atoms with Gasteiger partial charge in [0.2, 0.25) is 5.60 Å². The maximum absolute atomic E-state index is 13.5. The fourth-order valence-electron chi connectivity index (χ4n) is 3.57. The number of aliphatic hydroxyl groups excluding tert-OH is 1. The molecule has 6 heteroatoms. The molecule has 146 valence electrons. The van der Waals surface area contributed by atoms with Crippen molar-refractivity contribution in [2.45, 2.75) is 24.5 Å². The molecule has 2 aromatic rings. The van der Waals surface area contributed by atoms with Crippen molar-refractivity contribution in [1.82, 2.24) is 0 Å². The molecular weight excluding hydrogens is 362 g/mol. The number of likely N-dealkylation sites (N-methyl/N-ethyl adjacent to an activating group) is 1. The van der Waals surface area contributed by atoms with Gasteiger partial charge in [0.15, 0.2) is 6.10 Å². The quantitative estimate of drug-likeness (QED) is 0.428. The van der Waals surface area contributed by atoms with Gasteiger partial charge in [-0.05, 0) is 17.9 Å². The van der Waals surface area contributed by atoms with E-state index in [4.69, 9.17) is 9.47 Å². The molecule has 1 aliphatic rings. The minimum absolute atomic E-state index is 0.0126. The summed E-state index contributed by atoms with van der Waals surface area (Å²) in [6.45, 7) is 2.07. The van der Waals surface area contributed by atoms with Gasteiger partial charge in [0.1, 0.15) is 6.54 Å². The molecule has 5 nitrogen and oxygen atoms in total. The van der Waals surface area contributed by atoms with Crippen LogP contribution >= 0.6 is 11.3 Å². The van der Waals surface area contributed by atoms with Crippen LogP contribution in [0.5, 0.6) is 0 Å². The lowest BCUT2D eigenvalue weighted by atomic mass is 9.91. The average molecular weight is 391 g/mol. The predicted molar refractivity (Wildman–Crippen MR) is 106 cm³/mol. The number of quaternary nitrogens is 1. The molecule has 1 aliphatic heterocycles. The summed E-state index contributed by atoms with van der Waals surface area (Å²) in [7, 11) is 4.30. The smallest absolute Gasteiger partial charge is 0.349 e. The van der Waals surface area contributed by atoms with E-state index >= 15 is 0 Å². The third-order valence-corrected chi connectivity index (χ3v) is 5.96. The maximum atomic E-state index is 13.5. The molecule has 0 bridgehead atoms. The summed E-state index contributed by atoms with van der Waals surface area (Å²) in [4.78, 5) is 14.3. The summed E-state index contributed by atoms with van der Waals surface area (Å²) in [6.07, 6.45) is 1.20. The maximum Gasteiger partial charge on any atom is 0.349 e. The van der Waals surface area contributed by atoms with Gasteiger partial charge in [-0.25, -0.2) is 4.79 Å². The molecule has 0 amide bonds. The first-order valence-corrected chi connectivity index (χ1v) is 10.2. The number of hydrogen-bond donors (Lipinski definition) is 1. The van der Waals surface area contributed by atoms with Crippen LogP contribution in [0, 0.1) is 0 Å². The summed E-state index contributed by atoms with van der Waals surface area (Å²) < 4.78 is 13.0. The molecule has 0 aliphatic carbocycles. The number of esters is 1. The Hall–Kier alpha value is -1.73. The minimum Gasteiger partial charge on any atom is -0.453 e. The SMILES string of the molecule is C[N+]1(C)CCC(OC(=O)C(OCCCO)(c2ccccc2)c2cccs2)C1. The van der Waals surface area contributed by atoms with Crippen LogP contribution in [0.25, 0.3) is 0 Å². The zero-order valence-electron chi connectivity index (χ0n) is 16.0. The molecule has 27 heavy (non-hydrogen) atoms. The molecule has 1 fully saturated rings. The summed E-state index contributed by atoms with van der Waals surface area (Å²) in [5.41, 5.74) is -0.549. The second-order valence-electron chi connectivity index (χ2n) is 7.61. The molecule has 0 saturated carbocycles. The molecule has 1 N–H and O–H groups in total. The number of nitrogens with zero attached hydrogens (tertiary/aromatic N) is 1. The zero-order chi connectivity index (χ0) is 19.3. The Morgan fingerprint density at radius 3 is 2.63 bits per heavy atom. The highest BCUT2D eigenvalue weighted by Crippen LogP contribution is 2.39. The van der Waals surface area contributed by atoms with E-state index in [0.29, 0.717) is 6.42 Å². The standard InChI is InChI=1S/C21H28NO4S/c1-22(2)12-11-18(16-22)26-20(24)21(25-14-7-13-23,19-10-6-15-27-19)17-8-4-3-5-9-17/h3-6,8-10,15,18,23H,7,11-14,16H2,1-2H3/q+1. The Balaban J connectivity index is 1.96. The van der Waals surface area contributed by atoms with Crippen LogP contribution in [0.3, 0.4) is 0 Å². The van der Waals surface area contributed by atoms with E-state index in [0.717, 1.165) is 34.4 Å². The van der Waals surface area contributed by atoms with Gasteiger partial charge in [0.05, 0.1) is 32.1 Å². The molecule has 1 saturated heterocycles. The van der Waals surface area contributed by atoms with Gasteiger partial charge in [0, 0.05) is 18.6 Å². The van der Waals surface area contributed by atoms with Gasteiger partial charge >= 0.3 is 5.97 Å². The van der Waals surface area contributed by atoms with Crippen molar-refractivity contribution in [3.8, 4) is 0 Å². The molecular formula is C21H28NO4S+. The van der Waals surface area contributed by atoms with Crippen LogP contribution in [0.2, 0.25) is 0 Å². The molecule has 1 aromatic heterocycles. The van der Waals surface area contributed by atoms with Crippen molar-refractivity contribution in [2.75, 3.05) is 40.4 Å². The molecule has 2 atom stereocenters. The van der Waals surface area contributed by atoms with Crippen LogP contribution in [0.15, 0.2) is 47.8 Å². The lowest BCUT2D eigenvalue weighted by Crippen LogP contribution is -2.44. The van der Waals surface area contributed by atoms with Crippen LogP contribution in [0.4, 0.5) is 0 Å². The van der Waals surface area contributed by atoms with Gasteiger partial charge in [-0.1, -0.05) is 36.4 Å². The number of thiophene rings is 1. The first-order valence-electron chi connectivity index (χ1n) is 9.35. The molecule has 3 rings (SSSR count). The highest BCUT2D eigenvalue weighted by Gasteiger charge is 2.48. The van der Waals surface area contributed by atoms with E-state index in [9.17, 15) is 9.90 Å². The lowest BCUT2D eigenvalue weighted by molar-refractivity contribution is -0.879. The summed E-state index contributed by atoms with van der Waals surface area (Å²) in [6, 6.07) is 13.3.